The summed E-state index contributed by atoms with van der Waals surface area (Å²) < 4.78 is 10.8. The molecule has 1 aliphatic rings. The summed E-state index contributed by atoms with van der Waals surface area (Å²) in [6.45, 7) is 5.08. The van der Waals surface area contributed by atoms with Crippen molar-refractivity contribution >= 4 is 11.6 Å². The predicted octanol–water partition coefficient (Wildman–Crippen LogP) is 3.46. The third kappa shape index (κ3) is 3.67. The zero-order valence-electron chi connectivity index (χ0n) is 14.3. The lowest BCUT2D eigenvalue weighted by Gasteiger charge is -2.38. The number of carbonyl (C=O) groups is 1. The van der Waals surface area contributed by atoms with Crippen LogP contribution in [0.5, 0.6) is 5.75 Å². The van der Waals surface area contributed by atoms with Crippen LogP contribution in [0.1, 0.15) is 22.1 Å². The van der Waals surface area contributed by atoms with Gasteiger partial charge in [0.25, 0.3) is 5.91 Å². The number of hydrogen-bond donors (Lipinski definition) is 1. The summed E-state index contributed by atoms with van der Waals surface area (Å²) in [6.07, 6.45) is 1.43. The van der Waals surface area contributed by atoms with Crippen molar-refractivity contribution in [2.75, 3.05) is 32.2 Å². The van der Waals surface area contributed by atoms with Crippen LogP contribution in [-0.2, 0) is 4.74 Å². The molecule has 0 aliphatic carbocycles. The Morgan fingerprint density at radius 1 is 1.24 bits per heavy atom. The first-order valence-corrected chi connectivity index (χ1v) is 8.23. The Kier molecular flexibility index (Phi) is 5.36. The molecule has 2 aromatic rings. The molecule has 25 heavy (non-hydrogen) atoms. The maximum absolute atomic E-state index is 12.9. The summed E-state index contributed by atoms with van der Waals surface area (Å²) in [7, 11) is 1.63. The van der Waals surface area contributed by atoms with Crippen LogP contribution in [0.15, 0.2) is 61.2 Å². The predicted molar refractivity (Wildman–Crippen MR) is 97.9 cm³/mol. The number of hydrogen-bond acceptors (Lipinski definition) is 4. The highest BCUT2D eigenvalue weighted by molar-refractivity contribution is 6.01. The van der Waals surface area contributed by atoms with Gasteiger partial charge in [-0.3, -0.25) is 4.79 Å². The maximum Gasteiger partial charge on any atom is 0.257 e. The summed E-state index contributed by atoms with van der Waals surface area (Å²) >= 11 is 0. The van der Waals surface area contributed by atoms with Crippen LogP contribution in [0.2, 0.25) is 0 Å². The van der Waals surface area contributed by atoms with Crippen molar-refractivity contribution in [3.63, 3.8) is 0 Å². The molecule has 1 N–H and O–H groups in total. The molecule has 0 radical (unpaired) electrons. The third-order valence-corrected chi connectivity index (χ3v) is 4.10. The first kappa shape index (κ1) is 17.0. The number of carbonyl (C=O) groups excluding carboxylic acids is 1. The van der Waals surface area contributed by atoms with E-state index >= 15 is 0 Å². The fraction of sp³-hybridized carbons (Fsp3) is 0.250. The summed E-state index contributed by atoms with van der Waals surface area (Å²) in [4.78, 5) is 14.7. The second kappa shape index (κ2) is 7.85. The summed E-state index contributed by atoms with van der Waals surface area (Å²) in [6, 6.07) is 15.3. The highest BCUT2D eigenvalue weighted by Gasteiger charge is 2.32. The molecule has 5 heteroatoms. The van der Waals surface area contributed by atoms with Gasteiger partial charge in [-0.2, -0.15) is 0 Å². The van der Waals surface area contributed by atoms with E-state index < -0.39 is 0 Å². The SMILES string of the molecule is C=CCOc1cccc(C2Nc3ccccc3C(=O)N2CCOC)c1. The Morgan fingerprint density at radius 3 is 2.88 bits per heavy atom. The first-order chi connectivity index (χ1) is 12.2. The fourth-order valence-electron chi connectivity index (χ4n) is 2.91. The normalized spacial score (nSPS) is 16.1. The first-order valence-electron chi connectivity index (χ1n) is 8.23. The molecule has 5 nitrogen and oxygen atoms in total. The van der Waals surface area contributed by atoms with Gasteiger partial charge in [0.05, 0.1) is 12.2 Å². The highest BCUT2D eigenvalue weighted by atomic mass is 16.5. The summed E-state index contributed by atoms with van der Waals surface area (Å²) in [5, 5.41) is 3.46. The molecule has 0 bridgehead atoms. The van der Waals surface area contributed by atoms with E-state index in [4.69, 9.17) is 9.47 Å². The van der Waals surface area contributed by atoms with E-state index in [-0.39, 0.29) is 12.1 Å². The van der Waals surface area contributed by atoms with Gasteiger partial charge in [0.15, 0.2) is 0 Å². The van der Waals surface area contributed by atoms with Gasteiger partial charge in [-0.05, 0) is 29.8 Å². The molecule has 2 aromatic carbocycles. The molecular formula is C20H22N2O3. The molecule has 1 heterocycles. The number of methoxy groups -OCH3 is 1. The Labute approximate surface area is 147 Å². The van der Waals surface area contributed by atoms with E-state index in [1.54, 1.807) is 18.1 Å². The highest BCUT2D eigenvalue weighted by Crippen LogP contribution is 2.33. The van der Waals surface area contributed by atoms with Crippen molar-refractivity contribution in [2.24, 2.45) is 0 Å². The van der Waals surface area contributed by atoms with Crippen LogP contribution in [0, 0.1) is 0 Å². The van der Waals surface area contributed by atoms with Gasteiger partial charge >= 0.3 is 0 Å². The minimum Gasteiger partial charge on any atom is -0.490 e. The standard InChI is InChI=1S/C20H22N2O3/c1-3-12-25-16-8-6-7-15(14-16)19-21-18-10-5-4-9-17(18)20(23)22(19)11-13-24-2/h3-10,14,19,21H,1,11-13H2,2H3. The fourth-order valence-corrected chi connectivity index (χ4v) is 2.91. The lowest BCUT2D eigenvalue weighted by Crippen LogP contribution is -2.44. The lowest BCUT2D eigenvalue weighted by atomic mass is 10.0. The molecule has 3 rings (SSSR count). The average Bonchev–Trinajstić information content (AvgIpc) is 2.66. The maximum atomic E-state index is 12.9. The second-order valence-corrected chi connectivity index (χ2v) is 5.76. The summed E-state index contributed by atoms with van der Waals surface area (Å²) in [5.74, 6) is 0.742. The number of nitrogens with one attached hydrogen (secondary N) is 1. The quantitative estimate of drug-likeness (QED) is 0.786. The van der Waals surface area contributed by atoms with Crippen molar-refractivity contribution in [1.29, 1.82) is 0 Å². The Bertz CT molecular complexity index is 760. The van der Waals surface area contributed by atoms with E-state index in [1.807, 2.05) is 48.5 Å². The van der Waals surface area contributed by atoms with Crippen molar-refractivity contribution in [3.05, 3.63) is 72.3 Å². The Morgan fingerprint density at radius 2 is 2.08 bits per heavy atom. The molecule has 1 amide bonds. The molecule has 1 atom stereocenters. The second-order valence-electron chi connectivity index (χ2n) is 5.76. The van der Waals surface area contributed by atoms with E-state index in [9.17, 15) is 4.79 Å². The van der Waals surface area contributed by atoms with E-state index in [0.717, 1.165) is 17.0 Å². The lowest BCUT2D eigenvalue weighted by molar-refractivity contribution is 0.0609. The number of para-hydroxylation sites is 1. The monoisotopic (exact) mass is 338 g/mol. The van der Waals surface area contributed by atoms with Crippen LogP contribution in [0.4, 0.5) is 5.69 Å². The number of ether oxygens (including phenoxy) is 2. The molecule has 130 valence electrons. The minimum atomic E-state index is -0.273. The van der Waals surface area contributed by atoms with Crippen LogP contribution >= 0.6 is 0 Å². The molecule has 0 fully saturated rings. The molecule has 0 spiro atoms. The molecular weight excluding hydrogens is 316 g/mol. The van der Waals surface area contributed by atoms with Gasteiger partial charge in [-0.1, -0.05) is 36.9 Å². The van der Waals surface area contributed by atoms with Crippen LogP contribution in [0.25, 0.3) is 0 Å². The van der Waals surface area contributed by atoms with Crippen LogP contribution in [0.3, 0.4) is 0 Å². The minimum absolute atomic E-state index is 0.00573. The largest absolute Gasteiger partial charge is 0.490 e. The average molecular weight is 338 g/mol. The van der Waals surface area contributed by atoms with E-state index in [2.05, 4.69) is 11.9 Å². The van der Waals surface area contributed by atoms with Gasteiger partial charge in [0, 0.05) is 19.3 Å². The van der Waals surface area contributed by atoms with E-state index in [1.165, 1.54) is 0 Å². The van der Waals surface area contributed by atoms with Gasteiger partial charge in [0.2, 0.25) is 0 Å². The van der Waals surface area contributed by atoms with Crippen molar-refractivity contribution in [3.8, 4) is 5.75 Å². The number of benzene rings is 2. The number of nitrogens with zero attached hydrogens (tertiary/aromatic N) is 1. The number of amides is 1. The summed E-state index contributed by atoms with van der Waals surface area (Å²) in [5.41, 5.74) is 2.47. The zero-order valence-corrected chi connectivity index (χ0v) is 14.3. The van der Waals surface area contributed by atoms with Crippen molar-refractivity contribution < 1.29 is 14.3 Å². The number of rotatable bonds is 7. The number of fused-ring (bicyclic) bond motifs is 1. The van der Waals surface area contributed by atoms with Gasteiger partial charge in [-0.25, -0.2) is 0 Å². The molecule has 0 saturated heterocycles. The topological polar surface area (TPSA) is 50.8 Å². The van der Waals surface area contributed by atoms with Crippen molar-refractivity contribution in [2.45, 2.75) is 6.17 Å². The number of anilines is 1. The van der Waals surface area contributed by atoms with Crippen LogP contribution in [-0.4, -0.2) is 37.7 Å². The molecule has 1 aliphatic heterocycles. The van der Waals surface area contributed by atoms with Gasteiger partial charge in [0.1, 0.15) is 18.5 Å². The molecule has 0 saturated carbocycles. The zero-order chi connectivity index (χ0) is 17.6. The Balaban J connectivity index is 1.94. The van der Waals surface area contributed by atoms with Gasteiger partial charge < -0.3 is 19.7 Å². The smallest absolute Gasteiger partial charge is 0.257 e. The van der Waals surface area contributed by atoms with E-state index in [0.29, 0.717) is 25.3 Å². The molecule has 1 unspecified atom stereocenters. The molecule has 0 aromatic heterocycles. The Hall–Kier alpha value is -2.79. The van der Waals surface area contributed by atoms with Gasteiger partial charge in [-0.15, -0.1) is 0 Å². The van der Waals surface area contributed by atoms with Crippen molar-refractivity contribution in [1.82, 2.24) is 4.90 Å². The third-order valence-electron chi connectivity index (χ3n) is 4.10. The van der Waals surface area contributed by atoms with Crippen LogP contribution < -0.4 is 10.1 Å².